The van der Waals surface area contributed by atoms with E-state index in [0.717, 1.165) is 33.9 Å². The van der Waals surface area contributed by atoms with Gasteiger partial charge in [0.15, 0.2) is 0 Å². The third kappa shape index (κ3) is 3.42. The Labute approximate surface area is 170 Å². The number of nitrogens with one attached hydrogen (secondary N) is 1. The highest BCUT2D eigenvalue weighted by molar-refractivity contribution is 5.84. The van der Waals surface area contributed by atoms with E-state index in [9.17, 15) is 4.79 Å². The first-order valence-electron chi connectivity index (χ1n) is 9.68. The van der Waals surface area contributed by atoms with Crippen LogP contribution in [-0.4, -0.2) is 41.1 Å². The SMILES string of the molecule is COc1ccccc1C1CC2C(=O)N(Cc3ncc(C)c(OC)c3C)C=CN2N1. The summed E-state index contributed by atoms with van der Waals surface area (Å²) in [6.07, 6.45) is 6.19. The number of para-hydroxylation sites is 1. The van der Waals surface area contributed by atoms with Crippen molar-refractivity contribution in [2.75, 3.05) is 14.2 Å². The number of nitrogens with zero attached hydrogens (tertiary/aromatic N) is 3. The molecular weight excluding hydrogens is 368 g/mol. The number of aryl methyl sites for hydroxylation is 1. The van der Waals surface area contributed by atoms with Crippen LogP contribution < -0.4 is 14.9 Å². The van der Waals surface area contributed by atoms with Crippen LogP contribution in [-0.2, 0) is 11.3 Å². The number of aromatic nitrogens is 1. The van der Waals surface area contributed by atoms with Gasteiger partial charge in [-0.15, -0.1) is 0 Å². The lowest BCUT2D eigenvalue weighted by atomic mass is 10.00. The van der Waals surface area contributed by atoms with Crippen molar-refractivity contribution in [1.29, 1.82) is 0 Å². The Kier molecular flexibility index (Phi) is 5.15. The largest absolute Gasteiger partial charge is 0.496 e. The lowest BCUT2D eigenvalue weighted by Crippen LogP contribution is -2.47. The van der Waals surface area contributed by atoms with Gasteiger partial charge in [-0.1, -0.05) is 18.2 Å². The molecule has 1 fully saturated rings. The Morgan fingerprint density at radius 2 is 1.97 bits per heavy atom. The van der Waals surface area contributed by atoms with Gasteiger partial charge in [-0.2, -0.15) is 0 Å². The Bertz CT molecular complexity index is 959. The van der Waals surface area contributed by atoms with Crippen molar-refractivity contribution < 1.29 is 14.3 Å². The van der Waals surface area contributed by atoms with Gasteiger partial charge in [-0.25, -0.2) is 5.43 Å². The number of carbonyl (C=O) groups is 1. The molecule has 1 saturated heterocycles. The maximum absolute atomic E-state index is 13.2. The van der Waals surface area contributed by atoms with Crippen molar-refractivity contribution in [2.24, 2.45) is 0 Å². The van der Waals surface area contributed by atoms with Crippen LogP contribution in [0.25, 0.3) is 0 Å². The topological polar surface area (TPSA) is 66.9 Å². The van der Waals surface area contributed by atoms with Gasteiger partial charge in [-0.05, 0) is 26.3 Å². The molecule has 0 saturated carbocycles. The maximum Gasteiger partial charge on any atom is 0.251 e. The number of hydrazine groups is 1. The van der Waals surface area contributed by atoms with Crippen molar-refractivity contribution in [3.8, 4) is 11.5 Å². The predicted molar refractivity (Wildman–Crippen MR) is 109 cm³/mol. The van der Waals surface area contributed by atoms with Gasteiger partial charge < -0.3 is 19.4 Å². The van der Waals surface area contributed by atoms with Crippen molar-refractivity contribution in [1.82, 2.24) is 20.3 Å². The molecule has 29 heavy (non-hydrogen) atoms. The van der Waals surface area contributed by atoms with Crippen LogP contribution in [0.4, 0.5) is 0 Å². The minimum Gasteiger partial charge on any atom is -0.496 e. The Hall–Kier alpha value is -3.06. The molecular formula is C22H26N4O3. The number of pyridine rings is 1. The van der Waals surface area contributed by atoms with E-state index in [1.165, 1.54) is 0 Å². The van der Waals surface area contributed by atoms with Crippen LogP contribution in [0.3, 0.4) is 0 Å². The number of hydrogen-bond donors (Lipinski definition) is 1. The summed E-state index contributed by atoms with van der Waals surface area (Å²) in [6.45, 7) is 4.36. The Morgan fingerprint density at radius 3 is 2.72 bits per heavy atom. The standard InChI is InChI=1S/C22H26N4O3/c1-14-12-23-18(15(2)21(14)29-4)13-25-9-10-26-19(22(25)27)11-17(24-26)16-7-5-6-8-20(16)28-3/h5-10,12,17,19,24H,11,13H2,1-4H3. The molecule has 152 valence electrons. The van der Waals surface area contributed by atoms with Gasteiger partial charge in [0.2, 0.25) is 0 Å². The zero-order chi connectivity index (χ0) is 20.5. The number of hydrogen-bond acceptors (Lipinski definition) is 6. The van der Waals surface area contributed by atoms with E-state index in [1.807, 2.05) is 55.5 Å². The molecule has 1 N–H and O–H groups in total. The zero-order valence-electron chi connectivity index (χ0n) is 17.2. The molecule has 4 rings (SSSR count). The molecule has 0 radical (unpaired) electrons. The summed E-state index contributed by atoms with van der Waals surface area (Å²) >= 11 is 0. The number of methoxy groups -OCH3 is 2. The molecule has 3 heterocycles. The fraction of sp³-hybridized carbons (Fsp3) is 0.364. The number of benzene rings is 1. The summed E-state index contributed by atoms with van der Waals surface area (Å²) in [7, 11) is 3.32. The third-order valence-electron chi connectivity index (χ3n) is 5.66. The fourth-order valence-corrected chi connectivity index (χ4v) is 4.12. The first-order chi connectivity index (χ1) is 14.0. The van der Waals surface area contributed by atoms with Crippen molar-refractivity contribution in [3.05, 3.63) is 65.2 Å². The maximum atomic E-state index is 13.2. The lowest BCUT2D eigenvalue weighted by Gasteiger charge is -2.32. The monoisotopic (exact) mass is 394 g/mol. The first kappa shape index (κ1) is 19.3. The minimum absolute atomic E-state index is 0.0176. The highest BCUT2D eigenvalue weighted by atomic mass is 16.5. The predicted octanol–water partition coefficient (Wildman–Crippen LogP) is 2.85. The molecule has 7 nitrogen and oxygen atoms in total. The summed E-state index contributed by atoms with van der Waals surface area (Å²) < 4.78 is 11.0. The van der Waals surface area contributed by atoms with Gasteiger partial charge in [0.25, 0.3) is 5.91 Å². The number of rotatable bonds is 5. The summed E-state index contributed by atoms with van der Waals surface area (Å²) in [6, 6.07) is 7.67. The number of carbonyl (C=O) groups excluding carboxylic acids is 1. The molecule has 1 aromatic carbocycles. The van der Waals surface area contributed by atoms with Crippen molar-refractivity contribution >= 4 is 5.91 Å². The van der Waals surface area contributed by atoms with E-state index in [2.05, 4.69) is 10.4 Å². The van der Waals surface area contributed by atoms with Gasteiger partial charge in [0.05, 0.1) is 32.5 Å². The highest BCUT2D eigenvalue weighted by Crippen LogP contribution is 2.35. The van der Waals surface area contributed by atoms with Crippen LogP contribution in [0.15, 0.2) is 42.9 Å². The second-order valence-electron chi connectivity index (χ2n) is 7.39. The summed E-state index contributed by atoms with van der Waals surface area (Å²) in [4.78, 5) is 19.4. The molecule has 2 atom stereocenters. The second kappa shape index (κ2) is 7.75. The van der Waals surface area contributed by atoms with Gasteiger partial charge in [-0.3, -0.25) is 9.78 Å². The highest BCUT2D eigenvalue weighted by Gasteiger charge is 2.40. The molecule has 2 aliphatic rings. The molecule has 2 aromatic rings. The molecule has 0 aliphatic carbocycles. The summed E-state index contributed by atoms with van der Waals surface area (Å²) in [5, 5.41) is 1.89. The quantitative estimate of drug-likeness (QED) is 0.841. The molecule has 2 unspecified atom stereocenters. The van der Waals surface area contributed by atoms with Crippen LogP contribution in [0.1, 0.15) is 34.8 Å². The van der Waals surface area contributed by atoms with E-state index < -0.39 is 0 Å². The van der Waals surface area contributed by atoms with Crippen LogP contribution in [0.5, 0.6) is 11.5 Å². The molecule has 0 spiro atoms. The van der Waals surface area contributed by atoms with Crippen LogP contribution in [0, 0.1) is 13.8 Å². The number of amides is 1. The zero-order valence-corrected chi connectivity index (χ0v) is 17.2. The first-order valence-corrected chi connectivity index (χ1v) is 9.68. The van der Waals surface area contributed by atoms with E-state index in [-0.39, 0.29) is 18.0 Å². The van der Waals surface area contributed by atoms with Crippen molar-refractivity contribution in [3.63, 3.8) is 0 Å². The van der Waals surface area contributed by atoms with Crippen LogP contribution in [0.2, 0.25) is 0 Å². The van der Waals surface area contributed by atoms with E-state index in [1.54, 1.807) is 25.3 Å². The molecule has 7 heteroatoms. The molecule has 1 amide bonds. The second-order valence-corrected chi connectivity index (χ2v) is 7.39. The number of ether oxygens (including phenoxy) is 2. The Morgan fingerprint density at radius 1 is 1.17 bits per heavy atom. The average molecular weight is 394 g/mol. The smallest absolute Gasteiger partial charge is 0.251 e. The molecule has 0 bridgehead atoms. The Balaban J connectivity index is 1.53. The fourth-order valence-electron chi connectivity index (χ4n) is 4.12. The third-order valence-corrected chi connectivity index (χ3v) is 5.66. The minimum atomic E-state index is -0.262. The van der Waals surface area contributed by atoms with E-state index >= 15 is 0 Å². The van der Waals surface area contributed by atoms with Gasteiger partial charge in [0.1, 0.15) is 17.5 Å². The summed E-state index contributed by atoms with van der Waals surface area (Å²) in [5.74, 6) is 1.70. The normalized spacial score (nSPS) is 20.8. The van der Waals surface area contributed by atoms with Crippen molar-refractivity contribution in [2.45, 2.75) is 38.9 Å². The average Bonchev–Trinajstić information content (AvgIpc) is 3.17. The lowest BCUT2D eigenvalue weighted by molar-refractivity contribution is -0.135. The van der Waals surface area contributed by atoms with Crippen LogP contribution >= 0.6 is 0 Å². The van der Waals surface area contributed by atoms with E-state index in [0.29, 0.717) is 13.0 Å². The molecule has 1 aromatic heterocycles. The van der Waals surface area contributed by atoms with Gasteiger partial charge in [0, 0.05) is 35.3 Å². The summed E-state index contributed by atoms with van der Waals surface area (Å²) in [5.41, 5.74) is 7.26. The number of fused-ring (bicyclic) bond motifs is 1. The van der Waals surface area contributed by atoms with Gasteiger partial charge >= 0.3 is 0 Å². The molecule has 2 aliphatic heterocycles. The van der Waals surface area contributed by atoms with E-state index in [4.69, 9.17) is 9.47 Å².